The number of methoxy groups -OCH3 is 1. The summed E-state index contributed by atoms with van der Waals surface area (Å²) in [5, 5.41) is 3.21. The van der Waals surface area contributed by atoms with Gasteiger partial charge in [0.05, 0.1) is 12.7 Å². The van der Waals surface area contributed by atoms with Crippen molar-refractivity contribution in [2.24, 2.45) is 5.73 Å². The third-order valence-corrected chi connectivity index (χ3v) is 3.45. The van der Waals surface area contributed by atoms with E-state index in [0.717, 1.165) is 30.6 Å². The van der Waals surface area contributed by atoms with Crippen LogP contribution in [0.25, 0.3) is 0 Å². The Morgan fingerprint density at radius 3 is 3.10 bits per heavy atom. The van der Waals surface area contributed by atoms with Gasteiger partial charge in [0.25, 0.3) is 0 Å². The molecule has 1 aromatic rings. The average Bonchev–Trinajstić information content (AvgIpc) is 2.93. The minimum Gasteiger partial charge on any atom is -0.380 e. The summed E-state index contributed by atoms with van der Waals surface area (Å²) in [5.74, 6) is -0.377. The van der Waals surface area contributed by atoms with E-state index in [-0.39, 0.29) is 12.0 Å². The van der Waals surface area contributed by atoms with Crippen LogP contribution in [0.1, 0.15) is 30.0 Å². The summed E-state index contributed by atoms with van der Waals surface area (Å²) in [7, 11) is 1.65. The second-order valence-corrected chi connectivity index (χ2v) is 5.06. The summed E-state index contributed by atoms with van der Waals surface area (Å²) in [6.07, 6.45) is 2.29. The first-order chi connectivity index (χ1) is 9.70. The number of hydrogen-bond acceptors (Lipinski definition) is 4. The lowest BCUT2D eigenvalue weighted by molar-refractivity contribution is -0.120. The van der Waals surface area contributed by atoms with Crippen LogP contribution in [0.4, 0.5) is 0 Å². The van der Waals surface area contributed by atoms with Gasteiger partial charge in [-0.05, 0) is 24.0 Å². The number of nitrogens with two attached hydrogens (primary N) is 1. The average molecular weight is 278 g/mol. The van der Waals surface area contributed by atoms with Gasteiger partial charge in [0, 0.05) is 20.3 Å². The van der Waals surface area contributed by atoms with E-state index in [4.69, 9.17) is 15.2 Å². The van der Waals surface area contributed by atoms with Crippen LogP contribution in [0.15, 0.2) is 24.3 Å². The predicted octanol–water partition coefficient (Wildman–Crippen LogP) is 1.13. The van der Waals surface area contributed by atoms with Crippen LogP contribution in [0.3, 0.4) is 0 Å². The Kier molecular flexibility index (Phi) is 5.52. The number of primary amides is 1. The minimum atomic E-state index is -0.490. The van der Waals surface area contributed by atoms with E-state index < -0.39 is 6.04 Å². The van der Waals surface area contributed by atoms with Crippen molar-refractivity contribution in [3.8, 4) is 0 Å². The van der Waals surface area contributed by atoms with E-state index >= 15 is 0 Å². The summed E-state index contributed by atoms with van der Waals surface area (Å²) >= 11 is 0. The fourth-order valence-corrected chi connectivity index (χ4v) is 2.47. The maximum Gasteiger partial charge on any atom is 0.239 e. The molecule has 2 atom stereocenters. The molecule has 20 heavy (non-hydrogen) atoms. The molecular weight excluding hydrogens is 256 g/mol. The van der Waals surface area contributed by atoms with Gasteiger partial charge in [-0.1, -0.05) is 24.3 Å². The predicted molar refractivity (Wildman–Crippen MR) is 76.1 cm³/mol. The van der Waals surface area contributed by atoms with Gasteiger partial charge in [-0.15, -0.1) is 0 Å². The quantitative estimate of drug-likeness (QED) is 0.784. The Morgan fingerprint density at radius 2 is 2.45 bits per heavy atom. The van der Waals surface area contributed by atoms with Crippen LogP contribution in [-0.2, 0) is 20.9 Å². The van der Waals surface area contributed by atoms with Gasteiger partial charge in [0.1, 0.15) is 6.04 Å². The van der Waals surface area contributed by atoms with Gasteiger partial charge in [-0.3, -0.25) is 10.1 Å². The minimum absolute atomic E-state index is 0.180. The zero-order chi connectivity index (χ0) is 14.4. The normalized spacial score (nSPS) is 19.9. The molecule has 2 unspecified atom stereocenters. The number of nitrogens with one attached hydrogen (secondary N) is 1. The van der Waals surface area contributed by atoms with Crippen molar-refractivity contribution in [3.63, 3.8) is 0 Å². The number of ether oxygens (including phenoxy) is 2. The Bertz CT molecular complexity index is 444. The number of carbonyl (C=O) groups excluding carboxylic acids is 1. The molecule has 2 rings (SSSR count). The van der Waals surface area contributed by atoms with Gasteiger partial charge in [0.15, 0.2) is 0 Å². The van der Waals surface area contributed by atoms with Crippen molar-refractivity contribution >= 4 is 5.91 Å². The van der Waals surface area contributed by atoms with E-state index in [1.165, 1.54) is 0 Å². The van der Waals surface area contributed by atoms with E-state index in [0.29, 0.717) is 13.2 Å². The largest absolute Gasteiger partial charge is 0.380 e. The van der Waals surface area contributed by atoms with Crippen LogP contribution in [0.5, 0.6) is 0 Å². The van der Waals surface area contributed by atoms with Crippen molar-refractivity contribution < 1.29 is 14.3 Å². The standard InChI is InChI=1S/C15H22N2O3/c1-19-10-11-4-2-5-12(8-11)14(15(16)18)17-9-13-6-3-7-20-13/h2,4-5,8,13-14,17H,3,6-7,9-10H2,1H3,(H2,16,18). The molecule has 1 heterocycles. The van der Waals surface area contributed by atoms with Crippen LogP contribution >= 0.6 is 0 Å². The summed E-state index contributed by atoms with van der Waals surface area (Å²) < 4.78 is 10.7. The fraction of sp³-hybridized carbons (Fsp3) is 0.533. The molecule has 0 aromatic heterocycles. The van der Waals surface area contributed by atoms with Crippen LogP contribution in [0, 0.1) is 0 Å². The highest BCUT2D eigenvalue weighted by molar-refractivity contribution is 5.81. The van der Waals surface area contributed by atoms with Crippen molar-refractivity contribution in [3.05, 3.63) is 35.4 Å². The SMILES string of the molecule is COCc1cccc(C(NCC2CCCO2)C(N)=O)c1. The molecule has 1 fully saturated rings. The van der Waals surface area contributed by atoms with Crippen molar-refractivity contribution in [2.45, 2.75) is 31.6 Å². The molecule has 1 aliphatic rings. The lowest BCUT2D eigenvalue weighted by Gasteiger charge is -2.19. The van der Waals surface area contributed by atoms with Gasteiger partial charge in [-0.2, -0.15) is 0 Å². The Morgan fingerprint density at radius 1 is 1.60 bits per heavy atom. The molecule has 1 aliphatic heterocycles. The van der Waals surface area contributed by atoms with E-state index in [1.54, 1.807) is 7.11 Å². The van der Waals surface area contributed by atoms with Crippen molar-refractivity contribution in [2.75, 3.05) is 20.3 Å². The molecule has 1 amide bonds. The third kappa shape index (κ3) is 4.03. The Hall–Kier alpha value is -1.43. The fourth-order valence-electron chi connectivity index (χ4n) is 2.47. The smallest absolute Gasteiger partial charge is 0.239 e. The molecule has 0 spiro atoms. The summed E-state index contributed by atoms with van der Waals surface area (Å²) in [4.78, 5) is 11.7. The lowest BCUT2D eigenvalue weighted by Crippen LogP contribution is -2.37. The summed E-state index contributed by atoms with van der Waals surface area (Å²) in [6.45, 7) is 1.96. The maximum atomic E-state index is 11.7. The Labute approximate surface area is 119 Å². The third-order valence-electron chi connectivity index (χ3n) is 3.45. The highest BCUT2D eigenvalue weighted by Gasteiger charge is 2.21. The number of rotatable bonds is 7. The highest BCUT2D eigenvalue weighted by Crippen LogP contribution is 2.17. The first-order valence-corrected chi connectivity index (χ1v) is 6.93. The highest BCUT2D eigenvalue weighted by atomic mass is 16.5. The van der Waals surface area contributed by atoms with E-state index in [2.05, 4.69) is 5.32 Å². The number of hydrogen-bond donors (Lipinski definition) is 2. The number of amides is 1. The Balaban J connectivity index is 2.03. The monoisotopic (exact) mass is 278 g/mol. The lowest BCUT2D eigenvalue weighted by atomic mass is 10.0. The summed E-state index contributed by atoms with van der Waals surface area (Å²) in [6, 6.07) is 7.23. The second-order valence-electron chi connectivity index (χ2n) is 5.06. The van der Waals surface area contributed by atoms with Crippen LogP contribution in [-0.4, -0.2) is 32.3 Å². The zero-order valence-electron chi connectivity index (χ0n) is 11.8. The van der Waals surface area contributed by atoms with E-state index in [1.807, 2.05) is 24.3 Å². The maximum absolute atomic E-state index is 11.7. The van der Waals surface area contributed by atoms with Crippen molar-refractivity contribution in [1.29, 1.82) is 0 Å². The van der Waals surface area contributed by atoms with Gasteiger partial charge in [0.2, 0.25) is 5.91 Å². The first kappa shape index (κ1) is 15.0. The topological polar surface area (TPSA) is 73.6 Å². The second kappa shape index (κ2) is 7.38. The molecule has 0 bridgehead atoms. The van der Waals surface area contributed by atoms with Gasteiger partial charge < -0.3 is 15.2 Å². The molecule has 0 aliphatic carbocycles. The van der Waals surface area contributed by atoms with Crippen LogP contribution in [0.2, 0.25) is 0 Å². The van der Waals surface area contributed by atoms with Crippen LogP contribution < -0.4 is 11.1 Å². The van der Waals surface area contributed by atoms with Gasteiger partial charge in [-0.25, -0.2) is 0 Å². The molecule has 0 saturated carbocycles. The van der Waals surface area contributed by atoms with E-state index in [9.17, 15) is 4.79 Å². The molecule has 110 valence electrons. The molecule has 5 nitrogen and oxygen atoms in total. The molecule has 0 radical (unpaired) electrons. The number of benzene rings is 1. The molecular formula is C15H22N2O3. The molecule has 1 saturated heterocycles. The summed E-state index contributed by atoms with van der Waals surface area (Å²) in [5.41, 5.74) is 7.39. The number of carbonyl (C=O) groups is 1. The zero-order valence-corrected chi connectivity index (χ0v) is 11.8. The van der Waals surface area contributed by atoms with Crippen molar-refractivity contribution in [1.82, 2.24) is 5.32 Å². The molecule has 3 N–H and O–H groups in total. The first-order valence-electron chi connectivity index (χ1n) is 6.93. The van der Waals surface area contributed by atoms with Gasteiger partial charge >= 0.3 is 0 Å². The molecule has 5 heteroatoms. The molecule has 1 aromatic carbocycles.